The molecular formula is C22H24N4O. The van der Waals surface area contributed by atoms with Gasteiger partial charge in [0.1, 0.15) is 5.69 Å². The second kappa shape index (κ2) is 7.76. The lowest BCUT2D eigenvalue weighted by molar-refractivity contribution is 0.0932. The molecule has 1 aliphatic rings. The summed E-state index contributed by atoms with van der Waals surface area (Å²) in [5.41, 5.74) is 4.81. The van der Waals surface area contributed by atoms with E-state index in [9.17, 15) is 4.79 Å². The number of benzene rings is 2. The summed E-state index contributed by atoms with van der Waals surface area (Å²) >= 11 is 0. The van der Waals surface area contributed by atoms with E-state index in [1.807, 2.05) is 36.4 Å². The number of aromatic amines is 1. The van der Waals surface area contributed by atoms with Crippen molar-refractivity contribution < 1.29 is 4.79 Å². The van der Waals surface area contributed by atoms with E-state index in [1.165, 1.54) is 11.1 Å². The number of amides is 1. The highest BCUT2D eigenvalue weighted by atomic mass is 16.2. The second-order valence-corrected chi connectivity index (χ2v) is 7.21. The van der Waals surface area contributed by atoms with E-state index < -0.39 is 0 Å². The number of carbonyl (C=O) groups is 1. The molecule has 1 aliphatic heterocycles. The molecular weight excluding hydrogens is 336 g/mol. The van der Waals surface area contributed by atoms with Crippen LogP contribution in [0.25, 0.3) is 11.3 Å². The van der Waals surface area contributed by atoms with Crippen molar-refractivity contribution in [3.05, 3.63) is 77.5 Å². The fraction of sp³-hybridized carbons (Fsp3) is 0.273. The number of nitrogens with zero attached hydrogens (tertiary/aromatic N) is 2. The highest BCUT2D eigenvalue weighted by Crippen LogP contribution is 2.19. The summed E-state index contributed by atoms with van der Waals surface area (Å²) in [4.78, 5) is 14.9. The van der Waals surface area contributed by atoms with Gasteiger partial charge in [0, 0.05) is 31.2 Å². The third-order valence-corrected chi connectivity index (χ3v) is 5.03. The van der Waals surface area contributed by atoms with Crippen LogP contribution in [0.3, 0.4) is 0 Å². The van der Waals surface area contributed by atoms with Crippen molar-refractivity contribution in [3.63, 3.8) is 0 Å². The van der Waals surface area contributed by atoms with Crippen LogP contribution in [0.2, 0.25) is 0 Å². The lowest BCUT2D eigenvalue weighted by Gasteiger charge is -2.16. The number of carbonyl (C=O) groups excluding carboxylic acids is 1. The third kappa shape index (κ3) is 4.26. The van der Waals surface area contributed by atoms with E-state index >= 15 is 0 Å². The van der Waals surface area contributed by atoms with Crippen molar-refractivity contribution in [2.75, 3.05) is 13.1 Å². The minimum atomic E-state index is -0.0903. The number of likely N-dealkylation sites (tertiary alicyclic amines) is 1. The Morgan fingerprint density at radius 1 is 1.19 bits per heavy atom. The average Bonchev–Trinajstić information content (AvgIpc) is 3.33. The van der Waals surface area contributed by atoms with Gasteiger partial charge in [-0.15, -0.1) is 0 Å². The topological polar surface area (TPSA) is 61.0 Å². The summed E-state index contributed by atoms with van der Waals surface area (Å²) < 4.78 is 0. The summed E-state index contributed by atoms with van der Waals surface area (Å²) in [6.07, 6.45) is 0.970. The molecule has 1 aromatic heterocycles. The average molecular weight is 360 g/mol. The van der Waals surface area contributed by atoms with E-state index in [4.69, 9.17) is 0 Å². The molecule has 0 spiro atoms. The molecule has 0 saturated carbocycles. The number of H-pyrrole nitrogens is 1. The van der Waals surface area contributed by atoms with Gasteiger partial charge in [-0.25, -0.2) is 0 Å². The van der Waals surface area contributed by atoms with Gasteiger partial charge < -0.3 is 5.32 Å². The minimum absolute atomic E-state index is 0.0903. The maximum atomic E-state index is 12.6. The van der Waals surface area contributed by atoms with Gasteiger partial charge in [-0.05, 0) is 25.0 Å². The Labute approximate surface area is 159 Å². The van der Waals surface area contributed by atoms with Crippen LogP contribution in [0.1, 0.15) is 28.0 Å². The molecule has 4 rings (SSSR count). The Balaban J connectivity index is 1.34. The molecule has 0 unspecified atom stereocenters. The van der Waals surface area contributed by atoms with Gasteiger partial charge in [-0.2, -0.15) is 5.10 Å². The van der Waals surface area contributed by atoms with Crippen molar-refractivity contribution in [2.24, 2.45) is 0 Å². The zero-order valence-electron chi connectivity index (χ0n) is 15.5. The van der Waals surface area contributed by atoms with E-state index in [0.29, 0.717) is 5.69 Å². The van der Waals surface area contributed by atoms with Gasteiger partial charge in [0.25, 0.3) is 5.91 Å². The summed E-state index contributed by atoms with van der Waals surface area (Å²) in [6.45, 7) is 4.85. The smallest absolute Gasteiger partial charge is 0.269 e. The minimum Gasteiger partial charge on any atom is -0.347 e. The van der Waals surface area contributed by atoms with Gasteiger partial charge in [0.05, 0.1) is 5.69 Å². The van der Waals surface area contributed by atoms with Gasteiger partial charge in [0.15, 0.2) is 0 Å². The number of aryl methyl sites for hydroxylation is 1. The molecule has 2 heterocycles. The molecule has 1 fully saturated rings. The molecule has 2 aromatic carbocycles. The number of rotatable bonds is 5. The van der Waals surface area contributed by atoms with E-state index in [-0.39, 0.29) is 11.9 Å². The molecule has 27 heavy (non-hydrogen) atoms. The Morgan fingerprint density at radius 3 is 2.74 bits per heavy atom. The predicted molar refractivity (Wildman–Crippen MR) is 106 cm³/mol. The highest BCUT2D eigenvalue weighted by Gasteiger charge is 2.24. The highest BCUT2D eigenvalue weighted by molar-refractivity contribution is 5.93. The number of nitrogens with one attached hydrogen (secondary N) is 2. The van der Waals surface area contributed by atoms with Gasteiger partial charge >= 0.3 is 0 Å². The molecule has 138 valence electrons. The van der Waals surface area contributed by atoms with Crippen molar-refractivity contribution in [2.45, 2.75) is 25.9 Å². The molecule has 2 N–H and O–H groups in total. The van der Waals surface area contributed by atoms with Crippen LogP contribution in [0.4, 0.5) is 0 Å². The standard InChI is InChI=1S/C22H24N4O/c1-16-7-9-18(10-8-16)20-13-21(25-24-20)22(27)23-19-11-12-26(15-19)14-17-5-3-2-4-6-17/h2-10,13,19H,11-12,14-15H2,1H3,(H,23,27)(H,24,25)/t19-/m1/s1. The van der Waals surface area contributed by atoms with Crippen molar-refractivity contribution in [1.29, 1.82) is 0 Å². The van der Waals surface area contributed by atoms with E-state index in [1.54, 1.807) is 0 Å². The van der Waals surface area contributed by atoms with Crippen molar-refractivity contribution >= 4 is 5.91 Å². The maximum absolute atomic E-state index is 12.6. The Morgan fingerprint density at radius 2 is 1.96 bits per heavy atom. The monoisotopic (exact) mass is 360 g/mol. The molecule has 0 aliphatic carbocycles. The fourth-order valence-corrected chi connectivity index (χ4v) is 3.51. The van der Waals surface area contributed by atoms with Crippen LogP contribution in [-0.4, -0.2) is 40.1 Å². The molecule has 1 amide bonds. The molecule has 1 saturated heterocycles. The van der Waals surface area contributed by atoms with Crippen LogP contribution in [0.15, 0.2) is 60.7 Å². The lowest BCUT2D eigenvalue weighted by Crippen LogP contribution is -2.37. The lowest BCUT2D eigenvalue weighted by atomic mass is 10.1. The summed E-state index contributed by atoms with van der Waals surface area (Å²) in [7, 11) is 0. The molecule has 0 bridgehead atoms. The van der Waals surface area contributed by atoms with Crippen LogP contribution in [-0.2, 0) is 6.54 Å². The zero-order chi connectivity index (χ0) is 18.6. The summed E-state index contributed by atoms with van der Waals surface area (Å²) in [5.74, 6) is -0.0903. The third-order valence-electron chi connectivity index (χ3n) is 5.03. The summed E-state index contributed by atoms with van der Waals surface area (Å²) in [5, 5.41) is 10.3. The normalized spacial score (nSPS) is 17.1. The van der Waals surface area contributed by atoms with Gasteiger partial charge in [0.2, 0.25) is 0 Å². The van der Waals surface area contributed by atoms with E-state index in [2.05, 4.69) is 51.6 Å². The molecule has 3 aromatic rings. The Hall–Kier alpha value is -2.92. The SMILES string of the molecule is Cc1ccc(-c2cc(C(=O)N[C@@H]3CCN(Cc4ccccc4)C3)[nH]n2)cc1. The Kier molecular flexibility index (Phi) is 5.03. The van der Waals surface area contributed by atoms with Crippen LogP contribution >= 0.6 is 0 Å². The first-order valence-electron chi connectivity index (χ1n) is 9.37. The molecule has 0 radical (unpaired) electrons. The molecule has 1 atom stereocenters. The van der Waals surface area contributed by atoms with E-state index in [0.717, 1.165) is 37.3 Å². The first-order valence-corrected chi connectivity index (χ1v) is 9.37. The predicted octanol–water partition coefficient (Wildman–Crippen LogP) is 3.39. The largest absolute Gasteiger partial charge is 0.347 e. The van der Waals surface area contributed by atoms with Gasteiger partial charge in [-0.1, -0.05) is 60.2 Å². The number of aromatic nitrogens is 2. The molecule has 5 heteroatoms. The number of hydrogen-bond donors (Lipinski definition) is 2. The number of hydrogen-bond acceptors (Lipinski definition) is 3. The first-order chi connectivity index (χ1) is 13.2. The van der Waals surface area contributed by atoms with Crippen LogP contribution in [0, 0.1) is 6.92 Å². The summed E-state index contributed by atoms with van der Waals surface area (Å²) in [6, 6.07) is 20.6. The van der Waals surface area contributed by atoms with Crippen LogP contribution < -0.4 is 5.32 Å². The van der Waals surface area contributed by atoms with Crippen molar-refractivity contribution in [1.82, 2.24) is 20.4 Å². The maximum Gasteiger partial charge on any atom is 0.269 e. The first kappa shape index (κ1) is 17.5. The fourth-order valence-electron chi connectivity index (χ4n) is 3.51. The second-order valence-electron chi connectivity index (χ2n) is 7.21. The molecule has 5 nitrogen and oxygen atoms in total. The van der Waals surface area contributed by atoms with Gasteiger partial charge in [-0.3, -0.25) is 14.8 Å². The Bertz CT molecular complexity index is 902. The quantitative estimate of drug-likeness (QED) is 0.733. The van der Waals surface area contributed by atoms with Crippen molar-refractivity contribution in [3.8, 4) is 11.3 Å². The van der Waals surface area contributed by atoms with Crippen LogP contribution in [0.5, 0.6) is 0 Å². The zero-order valence-corrected chi connectivity index (χ0v) is 15.5.